The Labute approximate surface area is 228 Å². The maximum absolute atomic E-state index is 13.9. The second-order valence-electron chi connectivity index (χ2n) is 11.7. The average molecular weight is 548 g/mol. The Morgan fingerprint density at radius 1 is 1.33 bits per heavy atom. The van der Waals surface area contributed by atoms with E-state index in [1.807, 2.05) is 11.5 Å². The van der Waals surface area contributed by atoms with Crippen LogP contribution in [0.5, 0.6) is 0 Å². The number of nitrogens with zero attached hydrogens (tertiary/aromatic N) is 6. The van der Waals surface area contributed by atoms with Gasteiger partial charge < -0.3 is 14.6 Å². The van der Waals surface area contributed by atoms with Crippen molar-refractivity contribution in [3.63, 3.8) is 0 Å². The first-order valence-corrected chi connectivity index (χ1v) is 17.0. The monoisotopic (exact) mass is 547 g/mol. The molecule has 11 heteroatoms. The molecule has 0 spiro atoms. The van der Waals surface area contributed by atoms with E-state index in [1.165, 1.54) is 12.1 Å². The van der Waals surface area contributed by atoms with Gasteiger partial charge in [-0.3, -0.25) is 9.48 Å². The number of carbonyl (C=O) groups excluding carboxylic acids is 1. The molecular formula is C28H34FN7O2Si. The normalized spacial score (nSPS) is 18.2. The molecule has 3 heterocycles. The third-order valence-corrected chi connectivity index (χ3v) is 9.22. The number of carbonyl (C=O) groups is 1. The smallest absolute Gasteiger partial charge is 0.255 e. The van der Waals surface area contributed by atoms with Crippen molar-refractivity contribution in [3.8, 4) is 17.5 Å². The van der Waals surface area contributed by atoms with Gasteiger partial charge >= 0.3 is 0 Å². The summed E-state index contributed by atoms with van der Waals surface area (Å²) in [6.45, 7) is 9.77. The van der Waals surface area contributed by atoms with Gasteiger partial charge in [0.05, 0.1) is 23.3 Å². The van der Waals surface area contributed by atoms with E-state index in [2.05, 4.69) is 41.1 Å². The Hall–Kier alpha value is -3.62. The van der Waals surface area contributed by atoms with Crippen molar-refractivity contribution in [2.75, 3.05) is 6.61 Å². The first-order chi connectivity index (χ1) is 18.5. The molecule has 1 atom stereocenters. The maximum Gasteiger partial charge on any atom is 0.255 e. The van der Waals surface area contributed by atoms with Crippen LogP contribution < -0.4 is 5.32 Å². The largest absolute Gasteiger partial charge is 0.361 e. The van der Waals surface area contributed by atoms with Crippen LogP contribution in [-0.2, 0) is 18.5 Å². The van der Waals surface area contributed by atoms with E-state index in [0.717, 1.165) is 24.3 Å². The van der Waals surface area contributed by atoms with Crippen LogP contribution in [0.15, 0.2) is 30.6 Å². The van der Waals surface area contributed by atoms with Crippen molar-refractivity contribution in [1.82, 2.24) is 29.6 Å². The minimum Gasteiger partial charge on any atom is -0.361 e. The number of fused-ring (bicyclic) bond motifs is 2. The van der Waals surface area contributed by atoms with Crippen LogP contribution in [0.25, 0.3) is 33.5 Å². The Morgan fingerprint density at radius 3 is 2.82 bits per heavy atom. The van der Waals surface area contributed by atoms with Crippen molar-refractivity contribution in [2.45, 2.75) is 58.2 Å². The Balaban J connectivity index is 1.48. The summed E-state index contributed by atoms with van der Waals surface area (Å²) in [5.41, 5.74) is 3.11. The topological polar surface area (TPSA) is 111 Å². The number of nitrogens with one attached hydrogen (secondary N) is 1. The summed E-state index contributed by atoms with van der Waals surface area (Å²) in [5.74, 6) is -0.239. The van der Waals surface area contributed by atoms with Gasteiger partial charge in [-0.1, -0.05) is 19.6 Å². The molecule has 3 aromatic heterocycles. The zero-order chi connectivity index (χ0) is 27.9. The maximum atomic E-state index is 13.9. The fraction of sp³-hybridized carbons (Fsp3) is 0.464. The number of ether oxygens (including phenoxy) is 1. The van der Waals surface area contributed by atoms with Crippen LogP contribution >= 0.6 is 0 Å². The second kappa shape index (κ2) is 10.5. The summed E-state index contributed by atoms with van der Waals surface area (Å²) in [7, 11) is 0.508. The summed E-state index contributed by atoms with van der Waals surface area (Å²) in [6.07, 6.45) is 4.96. The molecule has 1 saturated carbocycles. The van der Waals surface area contributed by atoms with Crippen LogP contribution in [0.1, 0.15) is 30.1 Å². The molecule has 0 saturated heterocycles. The highest BCUT2D eigenvalue weighted by Crippen LogP contribution is 2.35. The summed E-state index contributed by atoms with van der Waals surface area (Å²) >= 11 is 0. The number of rotatable bonds is 9. The number of halogens is 1. The minimum atomic E-state index is -1.24. The van der Waals surface area contributed by atoms with E-state index in [-0.39, 0.29) is 36.3 Å². The van der Waals surface area contributed by atoms with Crippen LogP contribution in [0, 0.1) is 29.0 Å². The van der Waals surface area contributed by atoms with Gasteiger partial charge in [0.15, 0.2) is 5.65 Å². The molecule has 1 aliphatic carbocycles. The molecular weight excluding hydrogens is 513 g/mol. The Kier molecular flexibility index (Phi) is 7.26. The molecule has 9 nitrogen and oxygen atoms in total. The molecule has 0 aliphatic heterocycles. The van der Waals surface area contributed by atoms with Crippen molar-refractivity contribution >= 4 is 36.0 Å². The van der Waals surface area contributed by atoms with Crippen LogP contribution in [-0.4, -0.2) is 50.9 Å². The highest BCUT2D eigenvalue weighted by molar-refractivity contribution is 6.76. The van der Waals surface area contributed by atoms with Gasteiger partial charge in [0, 0.05) is 45.3 Å². The van der Waals surface area contributed by atoms with Crippen molar-refractivity contribution < 1.29 is 13.9 Å². The highest BCUT2D eigenvalue weighted by Gasteiger charge is 2.34. The Bertz CT molecular complexity index is 1580. The molecule has 1 N–H and O–H groups in total. The van der Waals surface area contributed by atoms with Crippen molar-refractivity contribution in [3.05, 3.63) is 42.0 Å². The van der Waals surface area contributed by atoms with E-state index in [0.29, 0.717) is 40.2 Å². The molecule has 1 aliphatic rings. The van der Waals surface area contributed by atoms with Gasteiger partial charge in [-0.15, -0.1) is 0 Å². The van der Waals surface area contributed by atoms with E-state index in [9.17, 15) is 9.18 Å². The third kappa shape index (κ3) is 5.58. The summed E-state index contributed by atoms with van der Waals surface area (Å²) in [5, 5.41) is 17.5. The summed E-state index contributed by atoms with van der Waals surface area (Å²) < 4.78 is 23.3. The number of hydrogen-bond acceptors (Lipinski definition) is 6. The van der Waals surface area contributed by atoms with Crippen LogP contribution in [0.3, 0.4) is 0 Å². The average Bonchev–Trinajstić information content (AvgIpc) is 3.37. The van der Waals surface area contributed by atoms with Gasteiger partial charge in [0.2, 0.25) is 0 Å². The quantitative estimate of drug-likeness (QED) is 0.230. The zero-order valence-electron chi connectivity index (χ0n) is 23.0. The van der Waals surface area contributed by atoms with E-state index in [1.54, 1.807) is 30.2 Å². The fourth-order valence-electron chi connectivity index (χ4n) is 4.97. The van der Waals surface area contributed by atoms with Crippen molar-refractivity contribution in [1.29, 1.82) is 5.26 Å². The van der Waals surface area contributed by atoms with Gasteiger partial charge in [0.1, 0.15) is 29.5 Å². The number of aryl methyl sites for hydroxylation is 1. The molecule has 204 valence electrons. The lowest BCUT2D eigenvalue weighted by molar-refractivity contribution is 0.0876. The zero-order valence-corrected chi connectivity index (χ0v) is 24.0. The lowest BCUT2D eigenvalue weighted by Crippen LogP contribution is -2.43. The van der Waals surface area contributed by atoms with Crippen LogP contribution in [0.4, 0.5) is 4.39 Å². The summed E-state index contributed by atoms with van der Waals surface area (Å²) in [6, 6.07) is 7.77. The lowest BCUT2D eigenvalue weighted by Gasteiger charge is -2.35. The molecule has 0 bridgehead atoms. The highest BCUT2D eigenvalue weighted by atomic mass is 28.3. The molecule has 1 aromatic carbocycles. The minimum absolute atomic E-state index is 0.0691. The Morgan fingerprint density at radius 2 is 2.10 bits per heavy atom. The summed E-state index contributed by atoms with van der Waals surface area (Å²) in [4.78, 5) is 23.0. The number of hydrogen-bond donors (Lipinski definition) is 1. The molecule has 39 heavy (non-hydrogen) atoms. The van der Waals surface area contributed by atoms with Gasteiger partial charge in [-0.2, -0.15) is 10.4 Å². The SMILES string of the molecule is C[C@H](NC(=O)c1cn(COCC[Si](C)(C)C)c2ncc(-c3nn(C)c4cc(F)ccc34)nc12)C1CC(C#N)C1. The lowest BCUT2D eigenvalue weighted by atomic mass is 9.72. The number of nitriles is 1. The van der Waals surface area contributed by atoms with E-state index in [4.69, 9.17) is 15.0 Å². The van der Waals surface area contributed by atoms with Gasteiger partial charge in [0.25, 0.3) is 5.91 Å². The third-order valence-electron chi connectivity index (χ3n) is 7.52. The molecule has 1 fully saturated rings. The van der Waals surface area contributed by atoms with E-state index < -0.39 is 8.07 Å². The number of benzene rings is 1. The molecule has 0 radical (unpaired) electrons. The second-order valence-corrected chi connectivity index (χ2v) is 17.4. The van der Waals surface area contributed by atoms with Crippen LogP contribution in [0.2, 0.25) is 25.7 Å². The van der Waals surface area contributed by atoms with Crippen molar-refractivity contribution in [2.24, 2.45) is 18.9 Å². The van der Waals surface area contributed by atoms with Gasteiger partial charge in [-0.25, -0.2) is 14.4 Å². The molecule has 4 aromatic rings. The fourth-order valence-corrected chi connectivity index (χ4v) is 5.73. The first kappa shape index (κ1) is 27.0. The first-order valence-electron chi connectivity index (χ1n) is 13.3. The molecule has 0 unspecified atom stereocenters. The number of aromatic nitrogens is 5. The van der Waals surface area contributed by atoms with E-state index >= 15 is 0 Å². The predicted octanol–water partition coefficient (Wildman–Crippen LogP) is 5.10. The molecule has 5 rings (SSSR count). The van der Waals surface area contributed by atoms with Gasteiger partial charge in [-0.05, 0) is 49.9 Å². The number of amides is 1. The predicted molar refractivity (Wildman–Crippen MR) is 150 cm³/mol. The standard InChI is InChI=1S/C28H34FN7O2Si/c1-17(19-10-18(11-19)13-30)32-28(37)22-15-36(16-38-8-9-39(3,4)5)27-26(22)33-23(14-31-27)25-21-7-6-20(29)12-24(21)35(2)34-25/h6-7,12,14-15,17-19H,8-11,16H2,1-5H3,(H,32,37)/t17-,18?,19?/m0/s1. The molecule has 1 amide bonds.